The van der Waals surface area contributed by atoms with Crippen molar-refractivity contribution in [3.8, 4) is 11.1 Å². The zero-order valence-corrected chi connectivity index (χ0v) is 23.7. The molecule has 6 rings (SSSR count). The molecule has 1 aromatic carbocycles. The summed E-state index contributed by atoms with van der Waals surface area (Å²) in [7, 11) is 2.24. The van der Waals surface area contributed by atoms with Gasteiger partial charge in [-0.1, -0.05) is 30.3 Å². The SMILES string of the molecule is CN1CCCC1CCOCC1CCN(c2nc(N3CCC(C(N)=O)C3)nc3scc(-c4ccccc4)c23)CC1. The van der Waals surface area contributed by atoms with Gasteiger partial charge in [-0.05, 0) is 63.6 Å². The van der Waals surface area contributed by atoms with Gasteiger partial charge in [0.05, 0.1) is 11.3 Å². The van der Waals surface area contributed by atoms with Crippen LogP contribution in [0, 0.1) is 11.8 Å². The van der Waals surface area contributed by atoms with E-state index in [0.29, 0.717) is 24.5 Å². The van der Waals surface area contributed by atoms with Crippen molar-refractivity contribution in [3.05, 3.63) is 35.7 Å². The van der Waals surface area contributed by atoms with E-state index < -0.39 is 0 Å². The highest BCUT2D eigenvalue weighted by atomic mass is 32.1. The standard InChI is InChI=1S/C30H40N6O2S/c1-34-13-5-8-24(34)12-17-38-19-21-9-14-35(15-10-21)28-26-25(22-6-3-2-4-7-22)20-39-29(26)33-30(32-28)36-16-11-23(18-36)27(31)37/h2-4,6-7,20-21,23-24H,5,8-19H2,1H3,(H2,31,37). The number of hydrogen-bond donors (Lipinski definition) is 1. The van der Waals surface area contributed by atoms with Crippen LogP contribution in [0.25, 0.3) is 21.3 Å². The average molecular weight is 549 g/mol. The van der Waals surface area contributed by atoms with Crippen molar-refractivity contribution in [2.24, 2.45) is 17.6 Å². The van der Waals surface area contributed by atoms with E-state index in [1.807, 2.05) is 0 Å². The lowest BCUT2D eigenvalue weighted by molar-refractivity contribution is -0.121. The van der Waals surface area contributed by atoms with Gasteiger partial charge in [-0.25, -0.2) is 4.98 Å². The van der Waals surface area contributed by atoms with Crippen molar-refractivity contribution in [3.63, 3.8) is 0 Å². The van der Waals surface area contributed by atoms with Crippen molar-refractivity contribution in [1.82, 2.24) is 14.9 Å². The molecule has 3 aromatic rings. The zero-order valence-electron chi connectivity index (χ0n) is 22.9. The minimum Gasteiger partial charge on any atom is -0.381 e. The van der Waals surface area contributed by atoms with Gasteiger partial charge in [-0.2, -0.15) is 4.98 Å². The van der Waals surface area contributed by atoms with Crippen molar-refractivity contribution >= 4 is 39.2 Å². The Labute approximate surface area is 235 Å². The monoisotopic (exact) mass is 548 g/mol. The first-order valence-electron chi connectivity index (χ1n) is 14.5. The molecule has 39 heavy (non-hydrogen) atoms. The fourth-order valence-electron chi connectivity index (χ4n) is 6.41. The second-order valence-electron chi connectivity index (χ2n) is 11.4. The lowest BCUT2D eigenvalue weighted by atomic mass is 9.97. The Morgan fingerprint density at radius 3 is 2.56 bits per heavy atom. The van der Waals surface area contributed by atoms with Crippen LogP contribution in [0.5, 0.6) is 0 Å². The van der Waals surface area contributed by atoms with Gasteiger partial charge in [0.1, 0.15) is 10.6 Å². The molecule has 2 aromatic heterocycles. The number of ether oxygens (including phenoxy) is 1. The normalized spacial score (nSPS) is 22.8. The van der Waals surface area contributed by atoms with E-state index in [2.05, 4.69) is 57.5 Å². The van der Waals surface area contributed by atoms with Crippen molar-refractivity contribution in [1.29, 1.82) is 0 Å². The number of carbonyl (C=O) groups is 1. The molecular weight excluding hydrogens is 508 g/mol. The summed E-state index contributed by atoms with van der Waals surface area (Å²) in [5.41, 5.74) is 7.99. The van der Waals surface area contributed by atoms with Crippen LogP contribution in [-0.4, -0.2) is 79.8 Å². The first-order chi connectivity index (χ1) is 19.1. The number of piperidine rings is 1. The molecule has 2 unspecified atom stereocenters. The van der Waals surface area contributed by atoms with Crippen LogP contribution in [0.2, 0.25) is 0 Å². The summed E-state index contributed by atoms with van der Waals surface area (Å²) in [4.78, 5) is 30.0. The number of carbonyl (C=O) groups excluding carboxylic acids is 1. The lowest BCUT2D eigenvalue weighted by Gasteiger charge is -2.33. The van der Waals surface area contributed by atoms with Gasteiger partial charge in [0.2, 0.25) is 11.9 Å². The highest BCUT2D eigenvalue weighted by Gasteiger charge is 2.31. The van der Waals surface area contributed by atoms with Gasteiger partial charge in [0.15, 0.2) is 0 Å². The minimum absolute atomic E-state index is 0.138. The number of nitrogens with two attached hydrogens (primary N) is 1. The smallest absolute Gasteiger partial charge is 0.228 e. The molecule has 3 saturated heterocycles. The maximum atomic E-state index is 11.8. The summed E-state index contributed by atoms with van der Waals surface area (Å²) in [6.45, 7) is 6.20. The second-order valence-corrected chi connectivity index (χ2v) is 12.3. The third kappa shape index (κ3) is 5.76. The molecule has 208 valence electrons. The Bertz CT molecular complexity index is 1280. The molecule has 2 N–H and O–H groups in total. The molecule has 3 fully saturated rings. The van der Waals surface area contributed by atoms with Crippen molar-refractivity contribution in [2.75, 3.05) is 62.8 Å². The molecule has 0 bridgehead atoms. The summed E-state index contributed by atoms with van der Waals surface area (Å²) >= 11 is 1.67. The van der Waals surface area contributed by atoms with E-state index in [9.17, 15) is 4.79 Å². The van der Waals surface area contributed by atoms with Crippen LogP contribution in [-0.2, 0) is 9.53 Å². The highest BCUT2D eigenvalue weighted by Crippen LogP contribution is 2.41. The van der Waals surface area contributed by atoms with E-state index in [1.165, 1.54) is 30.5 Å². The van der Waals surface area contributed by atoms with Crippen molar-refractivity contribution < 1.29 is 9.53 Å². The molecule has 8 nitrogen and oxygen atoms in total. The number of anilines is 2. The van der Waals surface area contributed by atoms with Gasteiger partial charge in [0.25, 0.3) is 0 Å². The number of nitrogens with zero attached hydrogens (tertiary/aromatic N) is 5. The Morgan fingerprint density at radius 1 is 1.05 bits per heavy atom. The summed E-state index contributed by atoms with van der Waals surface area (Å²) in [6, 6.07) is 11.2. The van der Waals surface area contributed by atoms with Crippen LogP contribution in [0.1, 0.15) is 38.5 Å². The summed E-state index contributed by atoms with van der Waals surface area (Å²) < 4.78 is 6.16. The maximum Gasteiger partial charge on any atom is 0.228 e. The predicted molar refractivity (Wildman–Crippen MR) is 158 cm³/mol. The van der Waals surface area contributed by atoms with E-state index in [4.69, 9.17) is 20.4 Å². The van der Waals surface area contributed by atoms with Gasteiger partial charge < -0.3 is 25.2 Å². The summed E-state index contributed by atoms with van der Waals surface area (Å²) in [5, 5.41) is 3.34. The number of primary amides is 1. The molecule has 0 spiro atoms. The molecule has 2 atom stereocenters. The lowest BCUT2D eigenvalue weighted by Crippen LogP contribution is -2.36. The zero-order chi connectivity index (χ0) is 26.8. The number of likely N-dealkylation sites (tertiary alicyclic amines) is 1. The summed E-state index contributed by atoms with van der Waals surface area (Å²) in [6.07, 6.45) is 6.72. The quantitative estimate of drug-likeness (QED) is 0.397. The first kappa shape index (κ1) is 26.5. The Morgan fingerprint density at radius 2 is 1.85 bits per heavy atom. The van der Waals surface area contributed by atoms with E-state index in [0.717, 1.165) is 74.6 Å². The van der Waals surface area contributed by atoms with Gasteiger partial charge >= 0.3 is 0 Å². The van der Waals surface area contributed by atoms with Crippen LogP contribution in [0.3, 0.4) is 0 Å². The number of aromatic nitrogens is 2. The fraction of sp³-hybridized carbons (Fsp3) is 0.567. The Kier molecular flexibility index (Phi) is 7.99. The average Bonchev–Trinajstić information content (AvgIpc) is 3.71. The molecule has 3 aliphatic rings. The van der Waals surface area contributed by atoms with E-state index >= 15 is 0 Å². The molecule has 5 heterocycles. The van der Waals surface area contributed by atoms with Gasteiger partial charge in [0, 0.05) is 56.4 Å². The largest absolute Gasteiger partial charge is 0.381 e. The van der Waals surface area contributed by atoms with Gasteiger partial charge in [-0.3, -0.25) is 4.79 Å². The molecule has 0 saturated carbocycles. The first-order valence-corrected chi connectivity index (χ1v) is 15.4. The number of thiophene rings is 1. The number of hydrogen-bond acceptors (Lipinski definition) is 8. The maximum absolute atomic E-state index is 11.8. The predicted octanol–water partition coefficient (Wildman–Crippen LogP) is 4.39. The van der Waals surface area contributed by atoms with Crippen LogP contribution >= 0.6 is 11.3 Å². The Hall–Kier alpha value is -2.75. The number of benzene rings is 1. The van der Waals surface area contributed by atoms with Gasteiger partial charge in [-0.15, -0.1) is 11.3 Å². The highest BCUT2D eigenvalue weighted by molar-refractivity contribution is 7.17. The number of amides is 1. The van der Waals surface area contributed by atoms with Crippen LogP contribution in [0.4, 0.5) is 11.8 Å². The summed E-state index contributed by atoms with van der Waals surface area (Å²) in [5.74, 6) is 1.94. The molecule has 0 aliphatic carbocycles. The number of rotatable bonds is 9. The number of fused-ring (bicyclic) bond motifs is 1. The fourth-order valence-corrected chi connectivity index (χ4v) is 7.35. The third-order valence-electron chi connectivity index (χ3n) is 8.90. The van der Waals surface area contributed by atoms with E-state index in [1.54, 1.807) is 11.3 Å². The molecule has 3 aliphatic heterocycles. The van der Waals surface area contributed by atoms with Crippen molar-refractivity contribution in [2.45, 2.75) is 44.6 Å². The van der Waals surface area contributed by atoms with E-state index in [-0.39, 0.29) is 11.8 Å². The topological polar surface area (TPSA) is 87.8 Å². The minimum atomic E-state index is -0.235. The second kappa shape index (κ2) is 11.8. The molecular formula is C30H40N6O2S. The van der Waals surface area contributed by atoms with Crippen LogP contribution < -0.4 is 15.5 Å². The molecule has 0 radical (unpaired) electrons. The Balaban J connectivity index is 1.18. The third-order valence-corrected chi connectivity index (χ3v) is 9.77. The van der Waals surface area contributed by atoms with Crippen LogP contribution in [0.15, 0.2) is 35.7 Å². The molecule has 9 heteroatoms. The molecule has 1 amide bonds.